The summed E-state index contributed by atoms with van der Waals surface area (Å²) in [7, 11) is 0. The Morgan fingerprint density at radius 3 is 2.59 bits per heavy atom. The van der Waals surface area contributed by atoms with Crippen molar-refractivity contribution in [2.75, 3.05) is 0 Å². The minimum absolute atomic E-state index is 0.158. The molecule has 0 aromatic rings. The second kappa shape index (κ2) is 9.52. The molecule has 164 valence electrons. The van der Waals surface area contributed by atoms with E-state index in [0.29, 0.717) is 23.2 Å². The lowest BCUT2D eigenvalue weighted by Crippen LogP contribution is -2.36. The molecule has 2 nitrogen and oxygen atoms in total. The van der Waals surface area contributed by atoms with Crippen LogP contribution in [0.15, 0.2) is 35.5 Å². The van der Waals surface area contributed by atoms with E-state index in [1.165, 1.54) is 43.3 Å². The van der Waals surface area contributed by atoms with Crippen LogP contribution < -0.4 is 0 Å². The number of hydrogen-bond acceptors (Lipinski definition) is 2. The predicted molar refractivity (Wildman–Crippen MR) is 123 cm³/mol. The standard InChI is InChI=1S/C27H44O2/c1-18(2)26(29)15-9-20(4)24-13-14-25-21(7-6-16-27(24,25)5)10-11-22-17-23(28)12-8-19(22)3/h10-11,18,20,23-26,28-29H,3,6-9,12-17H2,1-2,4-5H3/b21-10+,22-11+/t20-,23+,24-,25+,26-,27-/m1/s1. The van der Waals surface area contributed by atoms with Gasteiger partial charge in [-0.3, -0.25) is 0 Å². The summed E-state index contributed by atoms with van der Waals surface area (Å²) in [5.74, 6) is 2.52. The molecule has 0 unspecified atom stereocenters. The summed E-state index contributed by atoms with van der Waals surface area (Å²) in [5.41, 5.74) is 4.52. The number of fused-ring (bicyclic) bond motifs is 1. The Kier molecular flexibility index (Phi) is 7.49. The van der Waals surface area contributed by atoms with Crippen molar-refractivity contribution in [2.45, 2.75) is 104 Å². The first-order valence-electron chi connectivity index (χ1n) is 12.2. The first-order chi connectivity index (χ1) is 13.7. The molecule has 0 aromatic heterocycles. The van der Waals surface area contributed by atoms with Gasteiger partial charge in [0.25, 0.3) is 0 Å². The van der Waals surface area contributed by atoms with Gasteiger partial charge in [-0.1, -0.05) is 57.6 Å². The lowest BCUT2D eigenvalue weighted by Gasteiger charge is -2.44. The zero-order valence-corrected chi connectivity index (χ0v) is 19.3. The van der Waals surface area contributed by atoms with E-state index in [4.69, 9.17) is 0 Å². The first-order valence-corrected chi connectivity index (χ1v) is 12.2. The number of allylic oxidation sites excluding steroid dienone is 4. The van der Waals surface area contributed by atoms with Crippen LogP contribution in [0.25, 0.3) is 0 Å². The molecule has 0 spiro atoms. The molecule has 3 aliphatic rings. The maximum atomic E-state index is 10.3. The topological polar surface area (TPSA) is 40.5 Å². The largest absolute Gasteiger partial charge is 0.393 e. The summed E-state index contributed by atoms with van der Waals surface area (Å²) >= 11 is 0. The summed E-state index contributed by atoms with van der Waals surface area (Å²) in [6, 6.07) is 0. The van der Waals surface area contributed by atoms with Gasteiger partial charge in [-0.15, -0.1) is 0 Å². The molecule has 0 bridgehead atoms. The van der Waals surface area contributed by atoms with E-state index in [0.717, 1.165) is 38.0 Å². The van der Waals surface area contributed by atoms with Crippen molar-refractivity contribution in [1.29, 1.82) is 0 Å². The summed E-state index contributed by atoms with van der Waals surface area (Å²) < 4.78 is 0. The van der Waals surface area contributed by atoms with Crippen molar-refractivity contribution in [3.05, 3.63) is 35.5 Å². The minimum atomic E-state index is -0.195. The van der Waals surface area contributed by atoms with E-state index in [1.54, 1.807) is 5.57 Å². The molecule has 3 aliphatic carbocycles. The third-order valence-electron chi connectivity index (χ3n) is 8.60. The molecule has 2 N–H and O–H groups in total. The second-order valence-electron chi connectivity index (χ2n) is 10.9. The smallest absolute Gasteiger partial charge is 0.0583 e. The lowest BCUT2D eigenvalue weighted by atomic mass is 9.60. The van der Waals surface area contributed by atoms with Gasteiger partial charge in [-0.2, -0.15) is 0 Å². The fourth-order valence-corrected chi connectivity index (χ4v) is 6.58. The van der Waals surface area contributed by atoms with Crippen LogP contribution in [0.3, 0.4) is 0 Å². The van der Waals surface area contributed by atoms with Crippen LogP contribution in [-0.4, -0.2) is 22.4 Å². The molecule has 0 heterocycles. The Bertz CT molecular complexity index is 643. The van der Waals surface area contributed by atoms with E-state index < -0.39 is 0 Å². The number of aliphatic hydroxyl groups excluding tert-OH is 2. The van der Waals surface area contributed by atoms with Crippen LogP contribution in [0, 0.1) is 29.1 Å². The quantitative estimate of drug-likeness (QED) is 0.528. The van der Waals surface area contributed by atoms with Crippen LogP contribution in [0.1, 0.15) is 91.9 Å². The van der Waals surface area contributed by atoms with Crippen molar-refractivity contribution in [3.63, 3.8) is 0 Å². The fourth-order valence-electron chi connectivity index (χ4n) is 6.58. The fraction of sp³-hybridized carbons (Fsp3) is 0.778. The minimum Gasteiger partial charge on any atom is -0.393 e. The number of rotatable bonds is 6. The van der Waals surface area contributed by atoms with Crippen LogP contribution in [0.4, 0.5) is 0 Å². The van der Waals surface area contributed by atoms with Gasteiger partial charge < -0.3 is 10.2 Å². The number of aliphatic hydroxyl groups is 2. The molecule has 3 fully saturated rings. The second-order valence-corrected chi connectivity index (χ2v) is 10.9. The van der Waals surface area contributed by atoms with Gasteiger partial charge in [0.2, 0.25) is 0 Å². The highest BCUT2D eigenvalue weighted by Gasteiger charge is 2.50. The molecule has 0 saturated heterocycles. The summed E-state index contributed by atoms with van der Waals surface area (Å²) in [6.45, 7) is 13.4. The maximum Gasteiger partial charge on any atom is 0.0583 e. The van der Waals surface area contributed by atoms with E-state index in [9.17, 15) is 10.2 Å². The van der Waals surface area contributed by atoms with Crippen molar-refractivity contribution < 1.29 is 10.2 Å². The van der Waals surface area contributed by atoms with E-state index in [1.807, 2.05) is 0 Å². The third-order valence-corrected chi connectivity index (χ3v) is 8.60. The highest BCUT2D eigenvalue weighted by molar-refractivity contribution is 5.36. The van der Waals surface area contributed by atoms with Gasteiger partial charge in [0.05, 0.1) is 12.2 Å². The van der Waals surface area contributed by atoms with Gasteiger partial charge in [-0.05, 0) is 98.9 Å². The average molecular weight is 401 g/mol. The van der Waals surface area contributed by atoms with Crippen molar-refractivity contribution >= 4 is 0 Å². The zero-order valence-electron chi connectivity index (χ0n) is 19.3. The van der Waals surface area contributed by atoms with Gasteiger partial charge in [0, 0.05) is 0 Å². The predicted octanol–water partition coefficient (Wildman–Crippen LogP) is 6.59. The van der Waals surface area contributed by atoms with Crippen molar-refractivity contribution in [2.24, 2.45) is 29.1 Å². The Labute approximate surface area is 179 Å². The molecular formula is C27H44O2. The molecular weight excluding hydrogens is 356 g/mol. The van der Waals surface area contributed by atoms with E-state index in [2.05, 4.69) is 46.4 Å². The monoisotopic (exact) mass is 400 g/mol. The Morgan fingerprint density at radius 1 is 1.10 bits per heavy atom. The normalized spacial score (nSPS) is 37.9. The first kappa shape index (κ1) is 22.8. The van der Waals surface area contributed by atoms with E-state index in [-0.39, 0.29) is 12.2 Å². The summed E-state index contributed by atoms with van der Waals surface area (Å²) in [5, 5.41) is 20.3. The molecule has 2 heteroatoms. The molecule has 3 rings (SSSR count). The van der Waals surface area contributed by atoms with Gasteiger partial charge in [-0.25, -0.2) is 0 Å². The zero-order chi connectivity index (χ0) is 21.2. The number of hydrogen-bond donors (Lipinski definition) is 2. The lowest BCUT2D eigenvalue weighted by molar-refractivity contribution is 0.0717. The molecule has 0 aromatic carbocycles. The van der Waals surface area contributed by atoms with Crippen LogP contribution in [-0.2, 0) is 0 Å². The molecule has 0 aliphatic heterocycles. The molecule has 0 radical (unpaired) electrons. The molecule has 6 atom stereocenters. The maximum absolute atomic E-state index is 10.3. The van der Waals surface area contributed by atoms with Crippen LogP contribution in [0.2, 0.25) is 0 Å². The molecule has 29 heavy (non-hydrogen) atoms. The van der Waals surface area contributed by atoms with Crippen molar-refractivity contribution in [1.82, 2.24) is 0 Å². The van der Waals surface area contributed by atoms with Crippen molar-refractivity contribution in [3.8, 4) is 0 Å². The van der Waals surface area contributed by atoms with Gasteiger partial charge in [0.15, 0.2) is 0 Å². The molecule has 0 amide bonds. The average Bonchev–Trinajstić information content (AvgIpc) is 3.04. The Morgan fingerprint density at radius 2 is 1.86 bits per heavy atom. The highest BCUT2D eigenvalue weighted by atomic mass is 16.3. The van der Waals surface area contributed by atoms with Gasteiger partial charge in [0.1, 0.15) is 0 Å². The van der Waals surface area contributed by atoms with E-state index >= 15 is 0 Å². The highest BCUT2D eigenvalue weighted by Crippen LogP contribution is 2.59. The third kappa shape index (κ3) is 5.07. The van der Waals surface area contributed by atoms with Crippen LogP contribution >= 0.6 is 0 Å². The summed E-state index contributed by atoms with van der Waals surface area (Å²) in [6.07, 6.45) is 15.5. The Hall–Kier alpha value is -0.860. The SMILES string of the molecule is C=C1CC[C@H](O)C/C1=C\C=C1/CCC[C@]2(C)[C@@H]([C@H](C)CC[C@@H](O)C(C)C)CC[C@@H]12. The van der Waals surface area contributed by atoms with Gasteiger partial charge >= 0.3 is 0 Å². The van der Waals surface area contributed by atoms with Crippen LogP contribution in [0.5, 0.6) is 0 Å². The molecule has 3 saturated carbocycles. The Balaban J connectivity index is 1.70. The summed E-state index contributed by atoms with van der Waals surface area (Å²) in [4.78, 5) is 0.